The summed E-state index contributed by atoms with van der Waals surface area (Å²) in [5.74, 6) is 0.106. The molecule has 0 aliphatic heterocycles. The summed E-state index contributed by atoms with van der Waals surface area (Å²) < 4.78 is 1.77. The van der Waals surface area contributed by atoms with E-state index in [0.29, 0.717) is 18.3 Å². The Morgan fingerprint density at radius 3 is 2.93 bits per heavy atom. The lowest BCUT2D eigenvalue weighted by Gasteiger charge is -2.08. The van der Waals surface area contributed by atoms with Crippen LogP contribution in [-0.2, 0) is 6.54 Å². The Balaban J connectivity index is 2.60. The first-order chi connectivity index (χ1) is 7.15. The second-order valence-corrected chi connectivity index (χ2v) is 3.90. The van der Waals surface area contributed by atoms with Gasteiger partial charge in [0.2, 0.25) is 0 Å². The van der Waals surface area contributed by atoms with Gasteiger partial charge in [-0.1, -0.05) is 20.8 Å². The molecule has 0 spiro atoms. The Morgan fingerprint density at radius 1 is 1.60 bits per heavy atom. The van der Waals surface area contributed by atoms with Gasteiger partial charge in [0.1, 0.15) is 5.69 Å². The molecule has 0 radical (unpaired) electrons. The highest BCUT2D eigenvalue weighted by molar-refractivity contribution is 5.96. The first kappa shape index (κ1) is 11.9. The summed E-state index contributed by atoms with van der Waals surface area (Å²) >= 11 is 0. The van der Waals surface area contributed by atoms with E-state index < -0.39 is 0 Å². The van der Waals surface area contributed by atoms with Gasteiger partial charge < -0.3 is 5.32 Å². The largest absolute Gasteiger partial charge is 0.307 e. The van der Waals surface area contributed by atoms with E-state index in [4.69, 9.17) is 0 Å². The minimum absolute atomic E-state index is 0.106. The van der Waals surface area contributed by atoms with E-state index in [9.17, 15) is 4.79 Å². The molecule has 0 aliphatic carbocycles. The summed E-state index contributed by atoms with van der Waals surface area (Å²) in [5.41, 5.74) is 0.699. The van der Waals surface area contributed by atoms with Crippen molar-refractivity contribution >= 4 is 5.78 Å². The lowest BCUT2D eigenvalue weighted by molar-refractivity contribution is 0.0978. The first-order valence-electron chi connectivity index (χ1n) is 5.43. The topological polar surface area (TPSA) is 46.9 Å². The SMILES string of the molecule is CCCn1nccc1C(=O)CNC(C)C. The molecule has 0 atom stereocenters. The van der Waals surface area contributed by atoms with Crippen LogP contribution in [0.4, 0.5) is 0 Å². The van der Waals surface area contributed by atoms with Gasteiger partial charge in [0, 0.05) is 18.8 Å². The Bertz CT molecular complexity index is 317. The molecule has 4 heteroatoms. The maximum atomic E-state index is 11.8. The Kier molecular flexibility index (Phi) is 4.49. The third kappa shape index (κ3) is 3.47. The van der Waals surface area contributed by atoms with Gasteiger partial charge in [-0.3, -0.25) is 9.48 Å². The van der Waals surface area contributed by atoms with E-state index >= 15 is 0 Å². The molecule has 0 amide bonds. The van der Waals surface area contributed by atoms with E-state index in [1.165, 1.54) is 0 Å². The van der Waals surface area contributed by atoms with Crippen LogP contribution >= 0.6 is 0 Å². The predicted molar refractivity (Wildman–Crippen MR) is 60.0 cm³/mol. The number of nitrogens with zero attached hydrogens (tertiary/aromatic N) is 2. The number of aromatic nitrogens is 2. The molecule has 4 nitrogen and oxygen atoms in total. The number of carbonyl (C=O) groups excluding carboxylic acids is 1. The maximum Gasteiger partial charge on any atom is 0.194 e. The summed E-state index contributed by atoms with van der Waals surface area (Å²) in [7, 11) is 0. The van der Waals surface area contributed by atoms with E-state index in [1.807, 2.05) is 13.8 Å². The molecule has 15 heavy (non-hydrogen) atoms. The van der Waals surface area contributed by atoms with Gasteiger partial charge in [0.25, 0.3) is 0 Å². The van der Waals surface area contributed by atoms with E-state index in [0.717, 1.165) is 13.0 Å². The number of nitrogens with one attached hydrogen (secondary N) is 1. The third-order valence-corrected chi connectivity index (χ3v) is 2.11. The first-order valence-corrected chi connectivity index (χ1v) is 5.43. The summed E-state index contributed by atoms with van der Waals surface area (Å²) in [6.07, 6.45) is 2.66. The molecule has 0 unspecified atom stereocenters. The average Bonchev–Trinajstić information content (AvgIpc) is 2.63. The molecule has 1 heterocycles. The van der Waals surface area contributed by atoms with Crippen molar-refractivity contribution < 1.29 is 4.79 Å². The molecular formula is C11H19N3O. The molecule has 0 saturated heterocycles. The smallest absolute Gasteiger partial charge is 0.194 e. The van der Waals surface area contributed by atoms with Crippen LogP contribution in [0.15, 0.2) is 12.3 Å². The minimum atomic E-state index is 0.106. The van der Waals surface area contributed by atoms with Crippen molar-refractivity contribution in [2.45, 2.75) is 39.8 Å². The van der Waals surface area contributed by atoms with Gasteiger partial charge in [0.05, 0.1) is 6.54 Å². The highest BCUT2D eigenvalue weighted by Gasteiger charge is 2.11. The Hall–Kier alpha value is -1.16. The monoisotopic (exact) mass is 209 g/mol. The Morgan fingerprint density at radius 2 is 2.33 bits per heavy atom. The number of ketones is 1. The highest BCUT2D eigenvalue weighted by Crippen LogP contribution is 2.01. The van der Waals surface area contributed by atoms with Crippen molar-refractivity contribution in [1.82, 2.24) is 15.1 Å². The van der Waals surface area contributed by atoms with Crippen LogP contribution in [0.3, 0.4) is 0 Å². The fraction of sp³-hybridized carbons (Fsp3) is 0.636. The van der Waals surface area contributed by atoms with Crippen molar-refractivity contribution in [2.24, 2.45) is 0 Å². The zero-order valence-corrected chi connectivity index (χ0v) is 9.66. The lowest BCUT2D eigenvalue weighted by Crippen LogP contribution is -2.30. The summed E-state index contributed by atoms with van der Waals surface area (Å²) in [6, 6.07) is 2.11. The second kappa shape index (κ2) is 5.66. The summed E-state index contributed by atoms with van der Waals surface area (Å²) in [4.78, 5) is 11.8. The van der Waals surface area contributed by atoms with Crippen molar-refractivity contribution in [3.8, 4) is 0 Å². The van der Waals surface area contributed by atoms with Crippen molar-refractivity contribution in [1.29, 1.82) is 0 Å². The number of aryl methyl sites for hydroxylation is 1. The van der Waals surface area contributed by atoms with Gasteiger partial charge in [0.15, 0.2) is 5.78 Å². The van der Waals surface area contributed by atoms with E-state index in [-0.39, 0.29) is 5.78 Å². The van der Waals surface area contributed by atoms with Crippen molar-refractivity contribution in [3.63, 3.8) is 0 Å². The van der Waals surface area contributed by atoms with Gasteiger partial charge in [-0.25, -0.2) is 0 Å². The molecule has 1 N–H and O–H groups in total. The molecule has 1 aromatic heterocycles. The van der Waals surface area contributed by atoms with Crippen LogP contribution in [0.5, 0.6) is 0 Å². The van der Waals surface area contributed by atoms with Gasteiger partial charge in [-0.15, -0.1) is 0 Å². The molecule has 0 fully saturated rings. The number of Topliss-reactive ketones (excluding diaryl/α,β-unsaturated/α-hetero) is 1. The number of hydrogen-bond acceptors (Lipinski definition) is 3. The minimum Gasteiger partial charge on any atom is -0.307 e. The van der Waals surface area contributed by atoms with Crippen LogP contribution in [0.2, 0.25) is 0 Å². The zero-order valence-electron chi connectivity index (χ0n) is 9.66. The predicted octanol–water partition coefficient (Wildman–Crippen LogP) is 1.47. The molecule has 0 bridgehead atoms. The second-order valence-electron chi connectivity index (χ2n) is 3.90. The lowest BCUT2D eigenvalue weighted by atomic mass is 10.2. The van der Waals surface area contributed by atoms with Crippen molar-refractivity contribution in [2.75, 3.05) is 6.54 Å². The van der Waals surface area contributed by atoms with Crippen molar-refractivity contribution in [3.05, 3.63) is 18.0 Å². The quantitative estimate of drug-likeness (QED) is 0.722. The van der Waals surface area contributed by atoms with Crippen LogP contribution < -0.4 is 5.32 Å². The normalized spacial score (nSPS) is 10.9. The van der Waals surface area contributed by atoms with Gasteiger partial charge in [-0.05, 0) is 12.5 Å². The fourth-order valence-electron chi connectivity index (χ4n) is 1.35. The average molecular weight is 209 g/mol. The molecule has 1 rings (SSSR count). The highest BCUT2D eigenvalue weighted by atomic mass is 16.1. The maximum absolute atomic E-state index is 11.8. The zero-order chi connectivity index (χ0) is 11.3. The number of hydrogen-bond donors (Lipinski definition) is 1. The van der Waals surface area contributed by atoms with Crippen LogP contribution in [0.25, 0.3) is 0 Å². The summed E-state index contributed by atoms with van der Waals surface area (Å²) in [6.45, 7) is 7.30. The number of rotatable bonds is 6. The fourth-order valence-corrected chi connectivity index (χ4v) is 1.35. The van der Waals surface area contributed by atoms with Gasteiger partial charge >= 0.3 is 0 Å². The molecular weight excluding hydrogens is 190 g/mol. The van der Waals surface area contributed by atoms with E-state index in [2.05, 4.69) is 17.3 Å². The third-order valence-electron chi connectivity index (χ3n) is 2.11. The molecule has 0 saturated carbocycles. The van der Waals surface area contributed by atoms with Crippen LogP contribution in [0, 0.1) is 0 Å². The molecule has 0 aliphatic rings. The Labute approximate surface area is 90.7 Å². The molecule has 0 aromatic carbocycles. The van der Waals surface area contributed by atoms with Crippen LogP contribution in [-0.4, -0.2) is 28.2 Å². The van der Waals surface area contributed by atoms with E-state index in [1.54, 1.807) is 16.9 Å². The summed E-state index contributed by atoms with van der Waals surface area (Å²) in [5, 5.41) is 7.23. The number of carbonyl (C=O) groups is 1. The van der Waals surface area contributed by atoms with Gasteiger partial charge in [-0.2, -0.15) is 5.10 Å². The molecule has 1 aromatic rings. The van der Waals surface area contributed by atoms with Crippen LogP contribution in [0.1, 0.15) is 37.7 Å². The standard InChI is InChI=1S/C11H19N3O/c1-4-7-14-10(5-6-13-14)11(15)8-12-9(2)3/h5-6,9,12H,4,7-8H2,1-3H3. The molecule has 84 valence electrons.